The predicted octanol–water partition coefficient (Wildman–Crippen LogP) is 1.46. The molecule has 0 spiro atoms. The molecule has 19 heavy (non-hydrogen) atoms. The van der Waals surface area contributed by atoms with Gasteiger partial charge in [-0.25, -0.2) is 9.78 Å². The number of nitrogens with zero attached hydrogens (tertiary/aromatic N) is 3. The smallest absolute Gasteiger partial charge is 0.337 e. The molecule has 0 saturated carbocycles. The number of carbonyl (C=O) groups is 1. The molecule has 0 bridgehead atoms. The number of aromatic carboxylic acids is 1. The van der Waals surface area contributed by atoms with Crippen LogP contribution >= 0.6 is 15.9 Å². The summed E-state index contributed by atoms with van der Waals surface area (Å²) in [6.45, 7) is 1.97. The molecule has 0 radical (unpaired) electrons. The minimum Gasteiger partial charge on any atom is -0.478 e. The number of aromatic nitrogens is 3. The molecular formula is C12H10BrN3O3. The van der Waals surface area contributed by atoms with E-state index < -0.39 is 5.97 Å². The molecule has 0 amide bonds. The first-order valence-corrected chi connectivity index (χ1v) is 6.18. The second kappa shape index (κ2) is 5.31. The molecule has 0 aliphatic rings. The van der Waals surface area contributed by atoms with Crippen molar-refractivity contribution in [1.82, 2.24) is 14.5 Å². The standard InChI is InChI=1S/C12H10BrN3O3/c1-7-14-5-10(13)11(17)16(7)6-9-3-2-8(4-15-9)12(18)19/h2-5H,6H2,1H3,(H,18,19). The molecule has 0 aromatic carbocycles. The maximum absolute atomic E-state index is 11.9. The van der Waals surface area contributed by atoms with E-state index in [1.54, 1.807) is 13.0 Å². The lowest BCUT2D eigenvalue weighted by molar-refractivity contribution is 0.0696. The van der Waals surface area contributed by atoms with Gasteiger partial charge in [0.1, 0.15) is 10.3 Å². The Morgan fingerprint density at radius 2 is 2.11 bits per heavy atom. The molecule has 2 rings (SSSR count). The van der Waals surface area contributed by atoms with Crippen LogP contribution in [0.3, 0.4) is 0 Å². The van der Waals surface area contributed by atoms with Crippen LogP contribution in [-0.4, -0.2) is 25.6 Å². The number of carboxylic acids is 1. The van der Waals surface area contributed by atoms with Crippen molar-refractivity contribution in [3.05, 3.63) is 56.4 Å². The maximum Gasteiger partial charge on any atom is 0.337 e. The summed E-state index contributed by atoms with van der Waals surface area (Å²) in [7, 11) is 0. The quantitative estimate of drug-likeness (QED) is 0.924. The third-order valence-corrected chi connectivity index (χ3v) is 3.14. The van der Waals surface area contributed by atoms with Crippen LogP contribution in [0.1, 0.15) is 21.9 Å². The van der Waals surface area contributed by atoms with Gasteiger partial charge in [-0.3, -0.25) is 14.3 Å². The number of aryl methyl sites for hydroxylation is 1. The molecule has 0 unspecified atom stereocenters. The Hall–Kier alpha value is -2.02. The number of halogens is 1. The minimum atomic E-state index is -1.03. The first kappa shape index (κ1) is 13.4. The Bertz CT molecular complexity index is 680. The van der Waals surface area contributed by atoms with Crippen molar-refractivity contribution < 1.29 is 9.90 Å². The van der Waals surface area contributed by atoms with Crippen LogP contribution < -0.4 is 5.56 Å². The van der Waals surface area contributed by atoms with E-state index in [-0.39, 0.29) is 17.7 Å². The third kappa shape index (κ3) is 2.87. The fraction of sp³-hybridized carbons (Fsp3) is 0.167. The van der Waals surface area contributed by atoms with Gasteiger partial charge in [-0.15, -0.1) is 0 Å². The van der Waals surface area contributed by atoms with Gasteiger partial charge < -0.3 is 5.11 Å². The van der Waals surface area contributed by atoms with Crippen LogP contribution in [-0.2, 0) is 6.54 Å². The zero-order valence-electron chi connectivity index (χ0n) is 10.00. The number of pyridine rings is 1. The van der Waals surface area contributed by atoms with Crippen molar-refractivity contribution in [2.24, 2.45) is 0 Å². The van der Waals surface area contributed by atoms with Crippen LogP contribution in [0, 0.1) is 6.92 Å². The summed E-state index contributed by atoms with van der Waals surface area (Å²) in [5.41, 5.74) is 0.506. The van der Waals surface area contributed by atoms with Gasteiger partial charge in [-0.2, -0.15) is 0 Å². The number of carboxylic acid groups (broad SMARTS) is 1. The van der Waals surface area contributed by atoms with Crippen molar-refractivity contribution in [2.75, 3.05) is 0 Å². The molecule has 2 heterocycles. The molecule has 6 nitrogen and oxygen atoms in total. The second-order valence-electron chi connectivity index (χ2n) is 3.89. The Labute approximate surface area is 116 Å². The van der Waals surface area contributed by atoms with E-state index in [1.165, 1.54) is 23.0 Å². The number of rotatable bonds is 3. The third-order valence-electron chi connectivity index (χ3n) is 2.60. The lowest BCUT2D eigenvalue weighted by atomic mass is 10.2. The molecule has 2 aromatic heterocycles. The lowest BCUT2D eigenvalue weighted by Crippen LogP contribution is -2.24. The second-order valence-corrected chi connectivity index (χ2v) is 4.74. The minimum absolute atomic E-state index is 0.111. The Morgan fingerprint density at radius 3 is 2.68 bits per heavy atom. The van der Waals surface area contributed by atoms with Gasteiger partial charge in [0.2, 0.25) is 0 Å². The summed E-state index contributed by atoms with van der Waals surface area (Å²) in [6.07, 6.45) is 2.72. The summed E-state index contributed by atoms with van der Waals surface area (Å²) in [6, 6.07) is 3.03. The van der Waals surface area contributed by atoms with Crippen molar-refractivity contribution >= 4 is 21.9 Å². The van der Waals surface area contributed by atoms with E-state index in [9.17, 15) is 9.59 Å². The van der Waals surface area contributed by atoms with E-state index >= 15 is 0 Å². The van der Waals surface area contributed by atoms with Crippen molar-refractivity contribution in [2.45, 2.75) is 13.5 Å². The molecule has 0 saturated heterocycles. The highest BCUT2D eigenvalue weighted by Gasteiger charge is 2.08. The molecule has 0 atom stereocenters. The first-order valence-electron chi connectivity index (χ1n) is 5.39. The van der Waals surface area contributed by atoms with Crippen LogP contribution in [0.25, 0.3) is 0 Å². The fourth-order valence-electron chi connectivity index (χ4n) is 1.54. The van der Waals surface area contributed by atoms with Crippen LogP contribution in [0.5, 0.6) is 0 Å². The van der Waals surface area contributed by atoms with Gasteiger partial charge in [0.25, 0.3) is 5.56 Å². The van der Waals surface area contributed by atoms with Crippen LogP contribution in [0.15, 0.2) is 33.8 Å². The van der Waals surface area contributed by atoms with Crippen LogP contribution in [0.2, 0.25) is 0 Å². The van der Waals surface area contributed by atoms with Crippen molar-refractivity contribution in [1.29, 1.82) is 0 Å². The van der Waals surface area contributed by atoms with Crippen molar-refractivity contribution in [3.8, 4) is 0 Å². The van der Waals surface area contributed by atoms with Crippen molar-refractivity contribution in [3.63, 3.8) is 0 Å². The Morgan fingerprint density at radius 1 is 1.37 bits per heavy atom. The average molecular weight is 324 g/mol. The highest BCUT2D eigenvalue weighted by atomic mass is 79.9. The van der Waals surface area contributed by atoms with E-state index in [1.807, 2.05) is 0 Å². The summed E-state index contributed by atoms with van der Waals surface area (Å²) >= 11 is 3.13. The van der Waals surface area contributed by atoms with E-state index in [0.29, 0.717) is 16.0 Å². The van der Waals surface area contributed by atoms with Gasteiger partial charge in [0, 0.05) is 12.4 Å². The van der Waals surface area contributed by atoms with Crippen LogP contribution in [0.4, 0.5) is 0 Å². The lowest BCUT2D eigenvalue weighted by Gasteiger charge is -2.08. The zero-order valence-corrected chi connectivity index (χ0v) is 11.6. The molecule has 7 heteroatoms. The van der Waals surface area contributed by atoms with Gasteiger partial charge in [0.05, 0.1) is 17.8 Å². The van der Waals surface area contributed by atoms with Gasteiger partial charge in [-0.1, -0.05) is 0 Å². The summed E-state index contributed by atoms with van der Waals surface area (Å²) in [5, 5.41) is 8.78. The normalized spacial score (nSPS) is 10.4. The molecule has 0 fully saturated rings. The highest BCUT2D eigenvalue weighted by molar-refractivity contribution is 9.10. The fourth-order valence-corrected chi connectivity index (χ4v) is 1.86. The van der Waals surface area contributed by atoms with E-state index in [0.717, 1.165) is 0 Å². The first-order chi connectivity index (χ1) is 8.99. The average Bonchev–Trinajstić information content (AvgIpc) is 2.40. The number of hydrogen-bond donors (Lipinski definition) is 1. The summed E-state index contributed by atoms with van der Waals surface area (Å²) in [5.74, 6) is -0.464. The largest absolute Gasteiger partial charge is 0.478 e. The monoisotopic (exact) mass is 323 g/mol. The Balaban J connectivity index is 2.34. The number of hydrogen-bond acceptors (Lipinski definition) is 4. The highest BCUT2D eigenvalue weighted by Crippen LogP contribution is 2.05. The molecular weight excluding hydrogens is 314 g/mol. The molecule has 2 aromatic rings. The molecule has 1 N–H and O–H groups in total. The van der Waals surface area contributed by atoms with Gasteiger partial charge in [-0.05, 0) is 35.0 Å². The molecule has 0 aliphatic carbocycles. The van der Waals surface area contributed by atoms with E-state index in [4.69, 9.17) is 5.11 Å². The Kier molecular flexibility index (Phi) is 3.75. The molecule has 98 valence electrons. The van der Waals surface area contributed by atoms with Gasteiger partial charge >= 0.3 is 5.97 Å². The van der Waals surface area contributed by atoms with E-state index in [2.05, 4.69) is 25.9 Å². The summed E-state index contributed by atoms with van der Waals surface area (Å²) in [4.78, 5) is 30.7. The maximum atomic E-state index is 11.9. The topological polar surface area (TPSA) is 85.1 Å². The molecule has 0 aliphatic heterocycles. The van der Waals surface area contributed by atoms with Gasteiger partial charge in [0.15, 0.2) is 0 Å². The summed E-state index contributed by atoms with van der Waals surface area (Å²) < 4.78 is 1.84. The SMILES string of the molecule is Cc1ncc(Br)c(=O)n1Cc1ccc(C(=O)O)cn1. The predicted molar refractivity (Wildman–Crippen MR) is 71.2 cm³/mol. The zero-order chi connectivity index (χ0) is 14.0.